The van der Waals surface area contributed by atoms with Crippen molar-refractivity contribution in [3.63, 3.8) is 0 Å². The van der Waals surface area contributed by atoms with Gasteiger partial charge < -0.3 is 4.81 Å². The third-order valence-electron chi connectivity index (χ3n) is 2.38. The summed E-state index contributed by atoms with van der Waals surface area (Å²) in [6.07, 6.45) is 0. The van der Waals surface area contributed by atoms with Gasteiger partial charge in [0.1, 0.15) is 0 Å². The van der Waals surface area contributed by atoms with Crippen molar-refractivity contribution in [1.29, 1.82) is 0 Å². The van der Waals surface area contributed by atoms with Crippen LogP contribution in [0.2, 0.25) is 5.02 Å². The van der Waals surface area contributed by atoms with E-state index in [0.29, 0.717) is 0 Å². The van der Waals surface area contributed by atoms with Gasteiger partial charge in [-0.3, -0.25) is 0 Å². The Balaban J connectivity index is 2.09. The fraction of sp³-hybridized carbons (Fsp3) is 0.0769. The number of hydrogen-bond donors (Lipinski definition) is 0. The van der Waals surface area contributed by atoms with Crippen LogP contribution in [-0.4, -0.2) is 14.5 Å². The van der Waals surface area contributed by atoms with Gasteiger partial charge in [0.25, 0.3) is 7.41 Å². The molecule has 79 valence electrons. The van der Waals surface area contributed by atoms with Gasteiger partial charge in [-0.1, -0.05) is 47.4 Å². The normalized spacial score (nSPS) is 9.88. The summed E-state index contributed by atoms with van der Waals surface area (Å²) >= 11 is 5.85. The molecule has 2 aromatic rings. The second-order valence-corrected chi connectivity index (χ2v) is 4.06. The number of benzene rings is 2. The van der Waals surface area contributed by atoms with Crippen molar-refractivity contribution in [2.45, 2.75) is 0 Å². The smallest absolute Gasteiger partial charge is 0.284 e. The fourth-order valence-electron chi connectivity index (χ4n) is 1.51. The molecule has 0 saturated heterocycles. The van der Waals surface area contributed by atoms with Gasteiger partial charge in [-0.05, 0) is 31.3 Å². The minimum absolute atomic E-state index is 0.761. The molecule has 1 radical (unpaired) electrons. The van der Waals surface area contributed by atoms with Crippen LogP contribution in [0.3, 0.4) is 0 Å². The van der Waals surface area contributed by atoms with E-state index in [1.807, 2.05) is 49.5 Å². The van der Waals surface area contributed by atoms with Gasteiger partial charge in [0.15, 0.2) is 0 Å². The minimum atomic E-state index is 0.761. The third kappa shape index (κ3) is 2.80. The highest BCUT2D eigenvalue weighted by Gasteiger charge is 2.03. The topological polar surface area (TPSA) is 3.24 Å². The molecule has 0 saturated carbocycles. The average molecular weight is 229 g/mol. The lowest BCUT2D eigenvalue weighted by Gasteiger charge is -2.18. The zero-order valence-corrected chi connectivity index (χ0v) is 9.85. The van der Waals surface area contributed by atoms with Crippen LogP contribution in [0.25, 0.3) is 0 Å². The molecule has 0 heterocycles. The molecule has 0 aromatic heterocycles. The van der Waals surface area contributed by atoms with E-state index in [1.165, 1.54) is 5.46 Å². The van der Waals surface area contributed by atoms with Crippen molar-refractivity contribution in [2.75, 3.05) is 11.9 Å². The Kier molecular flexibility index (Phi) is 3.52. The summed E-state index contributed by atoms with van der Waals surface area (Å²) in [7, 11) is 4.11. The molecule has 0 unspecified atom stereocenters. The first-order valence-corrected chi connectivity index (χ1v) is 5.52. The molecule has 0 aliphatic heterocycles. The summed E-state index contributed by atoms with van der Waals surface area (Å²) in [6.45, 7) is 0. The van der Waals surface area contributed by atoms with Crippen LogP contribution >= 0.6 is 11.6 Å². The van der Waals surface area contributed by atoms with Gasteiger partial charge in [-0.15, -0.1) is 0 Å². The van der Waals surface area contributed by atoms with Gasteiger partial charge in [0, 0.05) is 10.7 Å². The molecule has 0 fully saturated rings. The Labute approximate surface area is 102 Å². The van der Waals surface area contributed by atoms with Crippen LogP contribution in [0, 0.1) is 0 Å². The molecule has 2 rings (SSSR count). The van der Waals surface area contributed by atoms with E-state index in [1.54, 1.807) is 0 Å². The third-order valence-corrected chi connectivity index (χ3v) is 2.63. The van der Waals surface area contributed by atoms with Gasteiger partial charge in [0.05, 0.1) is 0 Å². The van der Waals surface area contributed by atoms with E-state index in [4.69, 9.17) is 11.6 Å². The Morgan fingerprint density at radius 3 is 2.19 bits per heavy atom. The van der Waals surface area contributed by atoms with E-state index >= 15 is 0 Å². The zero-order valence-electron chi connectivity index (χ0n) is 9.10. The van der Waals surface area contributed by atoms with Crippen LogP contribution in [-0.2, 0) is 0 Å². The summed E-state index contributed by atoms with van der Waals surface area (Å²) in [5, 5.41) is 0.761. The first-order valence-electron chi connectivity index (χ1n) is 5.14. The van der Waals surface area contributed by atoms with E-state index in [9.17, 15) is 0 Å². The van der Waals surface area contributed by atoms with Crippen LogP contribution in [0.4, 0.5) is 5.69 Å². The van der Waals surface area contributed by atoms with Gasteiger partial charge in [-0.2, -0.15) is 0 Å². The Hall–Kier alpha value is -1.41. The molecule has 0 bridgehead atoms. The minimum Gasteiger partial charge on any atom is -0.417 e. The predicted molar refractivity (Wildman–Crippen MR) is 71.7 cm³/mol. The van der Waals surface area contributed by atoms with Crippen molar-refractivity contribution < 1.29 is 0 Å². The second kappa shape index (κ2) is 5.08. The van der Waals surface area contributed by atoms with Crippen molar-refractivity contribution in [2.24, 2.45) is 0 Å². The van der Waals surface area contributed by atoms with Crippen molar-refractivity contribution in [1.82, 2.24) is 0 Å². The average Bonchev–Trinajstić information content (AvgIpc) is 2.31. The molecule has 0 aliphatic carbocycles. The van der Waals surface area contributed by atoms with Gasteiger partial charge in [-0.25, -0.2) is 0 Å². The summed E-state index contributed by atoms with van der Waals surface area (Å²) in [4.78, 5) is 2.08. The standard InChI is InChI=1S/C13H12BClN/c1-16(13-9-7-12(15)8-10-13)14-11-5-3-2-4-6-11/h2-10H,1H3. The molecule has 16 heavy (non-hydrogen) atoms. The van der Waals surface area contributed by atoms with Crippen LogP contribution in [0.5, 0.6) is 0 Å². The molecule has 0 N–H and O–H groups in total. The molecule has 0 spiro atoms. The lowest BCUT2D eigenvalue weighted by Crippen LogP contribution is -2.32. The quantitative estimate of drug-likeness (QED) is 0.730. The first kappa shape index (κ1) is 11.1. The van der Waals surface area contributed by atoms with E-state index in [2.05, 4.69) is 24.4 Å². The maximum Gasteiger partial charge on any atom is 0.284 e. The predicted octanol–water partition coefficient (Wildman–Crippen LogP) is 2.72. The summed E-state index contributed by atoms with van der Waals surface area (Å²) in [5.74, 6) is 0. The molecule has 0 aliphatic rings. The van der Waals surface area contributed by atoms with Gasteiger partial charge in [0.2, 0.25) is 0 Å². The van der Waals surface area contributed by atoms with Crippen LogP contribution < -0.4 is 10.3 Å². The molecule has 0 amide bonds. The summed E-state index contributed by atoms with van der Waals surface area (Å²) in [6, 6.07) is 18.0. The zero-order chi connectivity index (χ0) is 11.4. The number of anilines is 1. The number of rotatable bonds is 3. The monoisotopic (exact) mass is 228 g/mol. The maximum absolute atomic E-state index is 5.85. The first-order chi connectivity index (χ1) is 7.75. The molecular formula is C13H12BClN. The lowest BCUT2D eigenvalue weighted by atomic mass is 9.80. The molecule has 3 heteroatoms. The number of nitrogens with zero attached hydrogens (tertiary/aromatic N) is 1. The molecule has 0 atom stereocenters. The van der Waals surface area contributed by atoms with Crippen LogP contribution in [0.15, 0.2) is 54.6 Å². The lowest BCUT2D eigenvalue weighted by molar-refractivity contribution is 1.33. The molecule has 2 aromatic carbocycles. The second-order valence-electron chi connectivity index (χ2n) is 3.63. The van der Waals surface area contributed by atoms with E-state index in [0.717, 1.165) is 10.7 Å². The van der Waals surface area contributed by atoms with Crippen molar-refractivity contribution in [3.8, 4) is 0 Å². The highest BCUT2D eigenvalue weighted by Crippen LogP contribution is 2.15. The van der Waals surface area contributed by atoms with Crippen molar-refractivity contribution in [3.05, 3.63) is 59.6 Å². The summed E-state index contributed by atoms with van der Waals surface area (Å²) < 4.78 is 0. The maximum atomic E-state index is 5.85. The van der Waals surface area contributed by atoms with Crippen molar-refractivity contribution >= 4 is 30.2 Å². The van der Waals surface area contributed by atoms with Gasteiger partial charge >= 0.3 is 0 Å². The molecule has 1 nitrogen and oxygen atoms in total. The number of halogens is 1. The molecular weight excluding hydrogens is 216 g/mol. The Morgan fingerprint density at radius 1 is 0.938 bits per heavy atom. The highest BCUT2D eigenvalue weighted by atomic mass is 35.5. The van der Waals surface area contributed by atoms with Crippen LogP contribution in [0.1, 0.15) is 0 Å². The summed E-state index contributed by atoms with van der Waals surface area (Å²) in [5.41, 5.74) is 2.30. The Bertz CT molecular complexity index is 441. The largest absolute Gasteiger partial charge is 0.417 e. The highest BCUT2D eigenvalue weighted by molar-refractivity contribution is 6.57. The fourth-order valence-corrected chi connectivity index (χ4v) is 1.64. The number of hydrogen-bond acceptors (Lipinski definition) is 1. The Morgan fingerprint density at radius 2 is 1.56 bits per heavy atom. The van der Waals surface area contributed by atoms with E-state index < -0.39 is 0 Å². The SMILES string of the molecule is CN([B]c1ccccc1)c1ccc(Cl)cc1. The van der Waals surface area contributed by atoms with E-state index in [-0.39, 0.29) is 0 Å².